The highest BCUT2D eigenvalue weighted by Gasteiger charge is 2.39. The number of nitrogens with zero attached hydrogens (tertiary/aromatic N) is 2. The van der Waals surface area contributed by atoms with E-state index >= 15 is 0 Å². The van der Waals surface area contributed by atoms with E-state index in [1.807, 2.05) is 6.92 Å². The van der Waals surface area contributed by atoms with E-state index in [0.717, 1.165) is 5.56 Å². The maximum absolute atomic E-state index is 13.0. The molecule has 10 heteroatoms. The SMILES string of the molecule is COc1cc([N+](=O)[O-])ccc1NC(=O)[C@H]1CCCN1S(=O)(=O)c1ccc(C)cc1. The van der Waals surface area contributed by atoms with E-state index in [2.05, 4.69) is 5.32 Å². The van der Waals surface area contributed by atoms with Crippen molar-refractivity contribution >= 4 is 27.3 Å². The Balaban J connectivity index is 1.84. The van der Waals surface area contributed by atoms with Crippen LogP contribution in [0.5, 0.6) is 5.75 Å². The molecule has 0 aliphatic carbocycles. The molecular formula is C19H21N3O6S. The number of anilines is 1. The number of hydrogen-bond donors (Lipinski definition) is 1. The van der Waals surface area contributed by atoms with E-state index in [9.17, 15) is 23.3 Å². The molecule has 0 spiro atoms. The fourth-order valence-corrected chi connectivity index (χ4v) is 4.90. The van der Waals surface area contributed by atoms with Crippen molar-refractivity contribution in [3.05, 3.63) is 58.1 Å². The Morgan fingerprint density at radius 2 is 1.93 bits per heavy atom. The van der Waals surface area contributed by atoms with Crippen molar-refractivity contribution in [3.8, 4) is 5.75 Å². The first-order valence-electron chi connectivity index (χ1n) is 8.96. The number of nitro groups is 1. The molecule has 1 N–H and O–H groups in total. The van der Waals surface area contributed by atoms with E-state index in [0.29, 0.717) is 12.8 Å². The number of hydrogen-bond acceptors (Lipinski definition) is 6. The third-order valence-electron chi connectivity index (χ3n) is 4.79. The van der Waals surface area contributed by atoms with Crippen LogP contribution >= 0.6 is 0 Å². The molecule has 29 heavy (non-hydrogen) atoms. The first kappa shape index (κ1) is 20.7. The highest BCUT2D eigenvalue weighted by Crippen LogP contribution is 2.31. The van der Waals surface area contributed by atoms with Crippen LogP contribution in [0.1, 0.15) is 18.4 Å². The average molecular weight is 419 g/mol. The lowest BCUT2D eigenvalue weighted by Gasteiger charge is -2.23. The Labute approximate surface area is 168 Å². The van der Waals surface area contributed by atoms with Crippen molar-refractivity contribution in [2.24, 2.45) is 0 Å². The van der Waals surface area contributed by atoms with Gasteiger partial charge in [-0.3, -0.25) is 14.9 Å². The molecule has 0 bridgehead atoms. The van der Waals surface area contributed by atoms with Gasteiger partial charge in [0.15, 0.2) is 0 Å². The third-order valence-corrected chi connectivity index (χ3v) is 6.71. The van der Waals surface area contributed by atoms with Crippen molar-refractivity contribution in [1.82, 2.24) is 4.31 Å². The van der Waals surface area contributed by atoms with Gasteiger partial charge in [0.25, 0.3) is 5.69 Å². The predicted molar refractivity (Wildman–Crippen MR) is 106 cm³/mol. The molecule has 1 aliphatic rings. The molecule has 1 saturated heterocycles. The summed E-state index contributed by atoms with van der Waals surface area (Å²) < 4.78 is 32.3. The molecule has 1 heterocycles. The second-order valence-corrected chi connectivity index (χ2v) is 8.61. The minimum atomic E-state index is -3.82. The number of carbonyl (C=O) groups is 1. The smallest absolute Gasteiger partial charge is 0.273 e. The van der Waals surface area contributed by atoms with E-state index in [-0.39, 0.29) is 28.6 Å². The topological polar surface area (TPSA) is 119 Å². The molecule has 0 radical (unpaired) electrons. The Morgan fingerprint density at radius 3 is 2.55 bits per heavy atom. The van der Waals surface area contributed by atoms with Crippen molar-refractivity contribution < 1.29 is 22.9 Å². The molecule has 1 atom stereocenters. The Morgan fingerprint density at radius 1 is 1.24 bits per heavy atom. The number of carbonyl (C=O) groups excluding carboxylic acids is 1. The number of aryl methyl sites for hydroxylation is 1. The second kappa shape index (κ2) is 8.18. The normalized spacial score (nSPS) is 17.1. The number of nitrogens with one attached hydrogen (secondary N) is 1. The number of nitro benzene ring substituents is 1. The first-order valence-corrected chi connectivity index (χ1v) is 10.4. The number of rotatable bonds is 6. The van der Waals surface area contributed by atoms with E-state index in [1.54, 1.807) is 12.1 Å². The van der Waals surface area contributed by atoms with Gasteiger partial charge in [-0.2, -0.15) is 4.31 Å². The summed E-state index contributed by atoms with van der Waals surface area (Å²) in [6.45, 7) is 2.10. The maximum atomic E-state index is 13.0. The third kappa shape index (κ3) is 4.22. The molecular weight excluding hydrogens is 398 g/mol. The number of non-ortho nitro benzene ring substituents is 1. The number of sulfonamides is 1. The molecule has 0 aromatic heterocycles. The summed E-state index contributed by atoms with van der Waals surface area (Å²) in [5.41, 5.74) is 0.997. The van der Waals surface area contributed by atoms with Crippen LogP contribution in [0.3, 0.4) is 0 Å². The van der Waals surface area contributed by atoms with Gasteiger partial charge < -0.3 is 10.1 Å². The summed E-state index contributed by atoms with van der Waals surface area (Å²) in [5, 5.41) is 13.5. The van der Waals surface area contributed by atoms with Gasteiger partial charge >= 0.3 is 0 Å². The van der Waals surface area contributed by atoms with Crippen LogP contribution in [-0.4, -0.2) is 43.2 Å². The zero-order chi connectivity index (χ0) is 21.2. The van der Waals surface area contributed by atoms with Crippen molar-refractivity contribution in [3.63, 3.8) is 0 Å². The summed E-state index contributed by atoms with van der Waals surface area (Å²) >= 11 is 0. The molecule has 3 rings (SSSR count). The lowest BCUT2D eigenvalue weighted by atomic mass is 10.2. The Bertz CT molecular complexity index is 1040. The zero-order valence-electron chi connectivity index (χ0n) is 16.0. The number of methoxy groups -OCH3 is 1. The standard InChI is InChI=1S/C19H21N3O6S/c1-13-5-8-15(9-6-13)29(26,27)21-11-3-4-17(21)19(23)20-16-10-7-14(22(24)25)12-18(16)28-2/h5-10,12,17H,3-4,11H2,1-2H3,(H,20,23)/t17-/m1/s1. The van der Waals surface area contributed by atoms with Gasteiger partial charge in [0.05, 0.1) is 28.7 Å². The van der Waals surface area contributed by atoms with Crippen LogP contribution in [0, 0.1) is 17.0 Å². The summed E-state index contributed by atoms with van der Waals surface area (Å²) in [5.74, 6) is -0.385. The molecule has 1 fully saturated rings. The molecule has 0 saturated carbocycles. The second-order valence-electron chi connectivity index (χ2n) is 6.72. The first-order chi connectivity index (χ1) is 13.7. The molecule has 0 unspecified atom stereocenters. The lowest BCUT2D eigenvalue weighted by Crippen LogP contribution is -2.43. The number of ether oxygens (including phenoxy) is 1. The number of amides is 1. The van der Waals surface area contributed by atoms with Gasteiger partial charge in [-0.05, 0) is 38.0 Å². The van der Waals surface area contributed by atoms with Gasteiger partial charge in [0.2, 0.25) is 15.9 Å². The fraction of sp³-hybridized carbons (Fsp3) is 0.316. The van der Waals surface area contributed by atoms with Gasteiger partial charge in [-0.15, -0.1) is 0 Å². The lowest BCUT2D eigenvalue weighted by molar-refractivity contribution is -0.384. The Hall–Kier alpha value is -2.98. The monoisotopic (exact) mass is 419 g/mol. The molecule has 2 aromatic rings. The molecule has 1 aliphatic heterocycles. The van der Waals surface area contributed by atoms with Gasteiger partial charge in [0.1, 0.15) is 11.8 Å². The minimum Gasteiger partial charge on any atom is -0.494 e. The summed E-state index contributed by atoms with van der Waals surface area (Å²) in [4.78, 5) is 23.3. The average Bonchev–Trinajstić information content (AvgIpc) is 3.19. The Kier molecular flexibility index (Phi) is 5.85. The summed E-state index contributed by atoms with van der Waals surface area (Å²) in [7, 11) is -2.49. The fourth-order valence-electron chi connectivity index (χ4n) is 3.25. The van der Waals surface area contributed by atoms with Crippen LogP contribution in [0.2, 0.25) is 0 Å². The quantitative estimate of drug-likeness (QED) is 0.568. The van der Waals surface area contributed by atoms with Gasteiger partial charge in [0, 0.05) is 12.6 Å². The number of benzene rings is 2. The van der Waals surface area contributed by atoms with Crippen molar-refractivity contribution in [2.75, 3.05) is 19.0 Å². The highest BCUT2D eigenvalue weighted by molar-refractivity contribution is 7.89. The van der Waals surface area contributed by atoms with Crippen molar-refractivity contribution in [2.45, 2.75) is 30.7 Å². The predicted octanol–water partition coefficient (Wildman–Crippen LogP) is 2.70. The summed E-state index contributed by atoms with van der Waals surface area (Å²) in [6, 6.07) is 9.40. The molecule has 1 amide bonds. The summed E-state index contributed by atoms with van der Waals surface area (Å²) in [6.07, 6.45) is 0.937. The van der Waals surface area contributed by atoms with E-state index < -0.39 is 26.9 Å². The van der Waals surface area contributed by atoms with Crippen molar-refractivity contribution in [1.29, 1.82) is 0 Å². The molecule has 2 aromatic carbocycles. The highest BCUT2D eigenvalue weighted by atomic mass is 32.2. The van der Waals surface area contributed by atoms with Crippen LogP contribution < -0.4 is 10.1 Å². The molecule has 9 nitrogen and oxygen atoms in total. The van der Waals surface area contributed by atoms with Crippen LogP contribution in [0.25, 0.3) is 0 Å². The van der Waals surface area contributed by atoms with E-state index in [1.165, 1.54) is 41.7 Å². The van der Waals surface area contributed by atoms with Crippen LogP contribution in [-0.2, 0) is 14.8 Å². The van der Waals surface area contributed by atoms with Crippen LogP contribution in [0.15, 0.2) is 47.4 Å². The van der Waals surface area contributed by atoms with Crippen LogP contribution in [0.4, 0.5) is 11.4 Å². The van der Waals surface area contributed by atoms with Gasteiger partial charge in [-0.1, -0.05) is 17.7 Å². The largest absolute Gasteiger partial charge is 0.494 e. The minimum absolute atomic E-state index is 0.124. The maximum Gasteiger partial charge on any atom is 0.273 e. The van der Waals surface area contributed by atoms with Gasteiger partial charge in [-0.25, -0.2) is 8.42 Å². The zero-order valence-corrected chi connectivity index (χ0v) is 16.8. The van der Waals surface area contributed by atoms with E-state index in [4.69, 9.17) is 4.74 Å². The molecule has 154 valence electrons.